The normalized spacial score (nSPS) is 15.8. The molecule has 0 aliphatic carbocycles. The second-order valence-corrected chi connectivity index (χ2v) is 8.23. The first kappa shape index (κ1) is 21.6. The fourth-order valence-electron chi connectivity index (χ4n) is 2.98. The number of hydrogen-bond donors (Lipinski definition) is 0. The van der Waals surface area contributed by atoms with E-state index in [0.29, 0.717) is 11.4 Å². The lowest BCUT2D eigenvalue weighted by Gasteiger charge is -2.24. The van der Waals surface area contributed by atoms with Gasteiger partial charge in [-0.2, -0.15) is 13.4 Å². The van der Waals surface area contributed by atoms with Crippen LogP contribution in [0.1, 0.15) is 18.4 Å². The van der Waals surface area contributed by atoms with Crippen LogP contribution in [0.15, 0.2) is 69.7 Å². The van der Waals surface area contributed by atoms with Crippen molar-refractivity contribution < 1.29 is 30.8 Å². The number of alkyl halides is 3. The third-order valence-electron chi connectivity index (χ3n) is 4.42. The summed E-state index contributed by atoms with van der Waals surface area (Å²) in [5.41, 5.74) is 1.01. The van der Waals surface area contributed by atoms with E-state index in [1.807, 2.05) is 6.07 Å². The van der Waals surface area contributed by atoms with Gasteiger partial charge in [0, 0.05) is 17.3 Å². The highest BCUT2D eigenvalue weighted by atomic mass is 32.2. The Balaban J connectivity index is 1.68. The lowest BCUT2D eigenvalue weighted by molar-refractivity contribution is -0.274. The number of halogens is 3. The van der Waals surface area contributed by atoms with Crippen LogP contribution in [-0.2, 0) is 16.8 Å². The van der Waals surface area contributed by atoms with Gasteiger partial charge < -0.3 is 9.26 Å². The number of rotatable bonds is 5. The quantitative estimate of drug-likeness (QED) is 0.562. The third kappa shape index (κ3) is 4.64. The molecule has 0 saturated carbocycles. The molecule has 0 amide bonds. The van der Waals surface area contributed by atoms with Crippen molar-refractivity contribution in [3.63, 3.8) is 0 Å². The Bertz CT molecular complexity index is 1300. The molecular formula is C20H15F3N4O4S. The number of benzene rings is 2. The van der Waals surface area contributed by atoms with E-state index in [1.54, 1.807) is 24.3 Å². The number of allylic oxidation sites excluding steroid dienone is 1. The van der Waals surface area contributed by atoms with Gasteiger partial charge in [-0.3, -0.25) is 4.31 Å². The van der Waals surface area contributed by atoms with Gasteiger partial charge in [0.25, 0.3) is 5.89 Å². The minimum atomic E-state index is -4.93. The van der Waals surface area contributed by atoms with Gasteiger partial charge in [0.05, 0.1) is 17.8 Å². The summed E-state index contributed by atoms with van der Waals surface area (Å²) in [5, 5.41) is 3.90. The zero-order chi connectivity index (χ0) is 22.9. The monoisotopic (exact) mass is 464 g/mol. The summed E-state index contributed by atoms with van der Waals surface area (Å²) in [6.45, 7) is 1.00. The number of nitrogens with zero attached hydrogens (tertiary/aromatic N) is 4. The van der Waals surface area contributed by atoms with Gasteiger partial charge in [-0.25, -0.2) is 0 Å². The standard InChI is InChI=1S/C20H15F3N4O4S/c1-13-16(19-24-18(25-31-19)14-7-3-2-4-8-14)12-27(32(28,29)26-13)11-15-9-5-6-10-17(15)30-20(21,22)23/h2-10,12H,11H2,1H3. The summed E-state index contributed by atoms with van der Waals surface area (Å²) < 4.78 is 77.0. The number of ether oxygens (including phenoxy) is 1. The molecule has 1 aliphatic rings. The van der Waals surface area contributed by atoms with Gasteiger partial charge >= 0.3 is 16.6 Å². The molecule has 0 spiro atoms. The van der Waals surface area contributed by atoms with E-state index in [9.17, 15) is 21.6 Å². The molecule has 2 aromatic carbocycles. The first-order chi connectivity index (χ1) is 15.1. The molecule has 166 valence electrons. The maximum Gasteiger partial charge on any atom is 0.573 e. The Kier molecular flexibility index (Phi) is 5.46. The van der Waals surface area contributed by atoms with Gasteiger partial charge in [0.1, 0.15) is 5.75 Å². The van der Waals surface area contributed by atoms with E-state index < -0.39 is 28.9 Å². The molecule has 8 nitrogen and oxygen atoms in total. The lowest BCUT2D eigenvalue weighted by atomic mass is 10.1. The molecule has 3 aromatic rings. The lowest BCUT2D eigenvalue weighted by Crippen LogP contribution is -2.29. The first-order valence-corrected chi connectivity index (χ1v) is 10.6. The molecule has 0 atom stereocenters. The second-order valence-electron chi connectivity index (χ2n) is 6.69. The summed E-state index contributed by atoms with van der Waals surface area (Å²) in [6.07, 6.45) is -3.73. The summed E-state index contributed by atoms with van der Waals surface area (Å²) in [6, 6.07) is 14.2. The number of hydrogen-bond acceptors (Lipinski definition) is 6. The highest BCUT2D eigenvalue weighted by Crippen LogP contribution is 2.31. The van der Waals surface area contributed by atoms with Crippen LogP contribution in [0, 0.1) is 0 Å². The molecule has 0 unspecified atom stereocenters. The van der Waals surface area contributed by atoms with Crippen LogP contribution >= 0.6 is 0 Å². The van der Waals surface area contributed by atoms with E-state index in [4.69, 9.17) is 4.52 Å². The Morgan fingerprint density at radius 2 is 1.75 bits per heavy atom. The maximum atomic E-state index is 12.7. The van der Waals surface area contributed by atoms with Crippen LogP contribution in [0.3, 0.4) is 0 Å². The molecule has 0 saturated heterocycles. The van der Waals surface area contributed by atoms with Crippen LogP contribution < -0.4 is 4.74 Å². The van der Waals surface area contributed by atoms with E-state index in [2.05, 4.69) is 19.3 Å². The first-order valence-electron chi connectivity index (χ1n) is 9.16. The molecule has 0 fully saturated rings. The van der Waals surface area contributed by atoms with E-state index in [1.165, 1.54) is 31.3 Å². The molecule has 1 aliphatic heterocycles. The SMILES string of the molecule is CC1=NS(=O)(=O)N(Cc2ccccc2OC(F)(F)F)C=C1c1nc(-c2ccccc2)no1. The van der Waals surface area contributed by atoms with Crippen molar-refractivity contribution in [1.29, 1.82) is 0 Å². The van der Waals surface area contributed by atoms with Crippen molar-refractivity contribution in [2.75, 3.05) is 0 Å². The Labute approximate surface area is 180 Å². The highest BCUT2D eigenvalue weighted by molar-refractivity contribution is 7.88. The van der Waals surface area contributed by atoms with Crippen molar-refractivity contribution in [3.8, 4) is 17.1 Å². The van der Waals surface area contributed by atoms with Crippen molar-refractivity contribution in [3.05, 3.63) is 72.3 Å². The summed E-state index contributed by atoms with van der Waals surface area (Å²) >= 11 is 0. The predicted octanol–water partition coefficient (Wildman–Crippen LogP) is 4.20. The molecule has 4 rings (SSSR count). The van der Waals surface area contributed by atoms with Gasteiger partial charge in [-0.15, -0.1) is 17.6 Å². The van der Waals surface area contributed by atoms with Crippen LogP contribution in [-0.4, -0.2) is 34.9 Å². The van der Waals surface area contributed by atoms with Crippen LogP contribution in [0.4, 0.5) is 13.2 Å². The Hall–Kier alpha value is -3.67. The van der Waals surface area contributed by atoms with Gasteiger partial charge in [0.2, 0.25) is 5.82 Å². The summed E-state index contributed by atoms with van der Waals surface area (Å²) in [4.78, 5) is 4.29. The van der Waals surface area contributed by atoms with Crippen molar-refractivity contribution in [2.45, 2.75) is 19.8 Å². The zero-order valence-corrected chi connectivity index (χ0v) is 17.3. The third-order valence-corrected chi connectivity index (χ3v) is 5.76. The van der Waals surface area contributed by atoms with Crippen LogP contribution in [0.5, 0.6) is 5.75 Å². The minimum absolute atomic E-state index is 0.00532. The van der Waals surface area contributed by atoms with Crippen LogP contribution in [0.2, 0.25) is 0 Å². The van der Waals surface area contributed by atoms with Gasteiger partial charge in [-0.1, -0.05) is 53.7 Å². The molecule has 12 heteroatoms. The molecule has 2 heterocycles. The van der Waals surface area contributed by atoms with Gasteiger partial charge in [0.15, 0.2) is 0 Å². The predicted molar refractivity (Wildman–Crippen MR) is 108 cm³/mol. The fraction of sp³-hybridized carbons (Fsp3) is 0.150. The number of aromatic nitrogens is 2. The van der Waals surface area contributed by atoms with Crippen LogP contribution in [0.25, 0.3) is 17.0 Å². The van der Waals surface area contributed by atoms with Crippen molar-refractivity contribution >= 4 is 21.5 Å². The van der Waals surface area contributed by atoms with Crippen molar-refractivity contribution in [1.82, 2.24) is 14.4 Å². The Morgan fingerprint density at radius 1 is 1.06 bits per heavy atom. The minimum Gasteiger partial charge on any atom is -0.405 e. The molecule has 0 bridgehead atoms. The second kappa shape index (κ2) is 8.11. The smallest absolute Gasteiger partial charge is 0.405 e. The largest absolute Gasteiger partial charge is 0.573 e. The van der Waals surface area contributed by atoms with E-state index in [-0.39, 0.29) is 22.7 Å². The van der Waals surface area contributed by atoms with E-state index in [0.717, 1.165) is 10.4 Å². The fourth-order valence-corrected chi connectivity index (χ4v) is 4.07. The van der Waals surface area contributed by atoms with E-state index >= 15 is 0 Å². The zero-order valence-electron chi connectivity index (χ0n) is 16.4. The molecule has 0 N–H and O–H groups in total. The average molecular weight is 464 g/mol. The molecule has 1 aromatic heterocycles. The number of para-hydroxylation sites is 1. The molecular weight excluding hydrogens is 449 g/mol. The molecule has 32 heavy (non-hydrogen) atoms. The highest BCUT2D eigenvalue weighted by Gasteiger charge is 2.33. The van der Waals surface area contributed by atoms with Gasteiger partial charge in [-0.05, 0) is 13.0 Å². The maximum absolute atomic E-state index is 12.7. The Morgan fingerprint density at radius 3 is 2.47 bits per heavy atom. The summed E-state index contributed by atoms with van der Waals surface area (Å²) in [5.74, 6) is -0.205. The van der Waals surface area contributed by atoms with Crippen molar-refractivity contribution in [2.24, 2.45) is 4.40 Å². The summed E-state index contributed by atoms with van der Waals surface area (Å²) in [7, 11) is -4.20. The average Bonchev–Trinajstić information content (AvgIpc) is 3.20. The topological polar surface area (TPSA) is 97.9 Å². The molecule has 0 radical (unpaired) electrons.